The van der Waals surface area contributed by atoms with E-state index in [4.69, 9.17) is 0 Å². The molecule has 39 heavy (non-hydrogen) atoms. The van der Waals surface area contributed by atoms with Crippen LogP contribution in [0.3, 0.4) is 0 Å². The van der Waals surface area contributed by atoms with Crippen LogP contribution in [0.1, 0.15) is 81.5 Å². The van der Waals surface area contributed by atoms with Crippen LogP contribution in [0, 0.1) is 17.8 Å². The summed E-state index contributed by atoms with van der Waals surface area (Å²) >= 11 is 0. The van der Waals surface area contributed by atoms with Crippen LogP contribution in [0.5, 0.6) is 0 Å². The Labute approximate surface area is 226 Å². The molecule has 0 aromatic carbocycles. The van der Waals surface area contributed by atoms with Gasteiger partial charge in [-0.25, -0.2) is 20.0 Å². The lowest BCUT2D eigenvalue weighted by Crippen LogP contribution is -2.50. The second-order valence-electron chi connectivity index (χ2n) is 12.3. The summed E-state index contributed by atoms with van der Waals surface area (Å²) in [5.74, 6) is 1.46. The van der Waals surface area contributed by atoms with E-state index in [9.17, 15) is 22.4 Å². The molecule has 0 radical (unpaired) electrons. The van der Waals surface area contributed by atoms with E-state index in [1.807, 2.05) is 4.90 Å². The SMILES string of the molecule is C[C@H](c1cc(C(F)(F)F)c2cn(C3CCCC([C@@H](C4CCC4)C4NNCN4C)C3)c(=O)n2c1)N1CC[C@@H](F)C1. The Morgan fingerprint density at radius 3 is 2.41 bits per heavy atom. The van der Waals surface area contributed by atoms with Gasteiger partial charge in [-0.2, -0.15) is 13.2 Å². The molecule has 7 nitrogen and oxygen atoms in total. The van der Waals surface area contributed by atoms with E-state index >= 15 is 0 Å². The minimum Gasteiger partial charge on any atom is -0.295 e. The standard InChI is InChI=1S/C28H40F4N6O/c1-17(36-10-9-21(29)14-36)20-12-23(28(30,31)32)24-15-37(27(39)38(24)13-20)22-8-4-7-19(11-22)25(18-5-3-6-18)26-34-33-16-35(26)2/h12-13,15,17-19,21-22,25-26,33-34H,3-11,14,16H2,1-2H3/t17-,19?,21-,22?,25-,26?/m1/s1. The number of alkyl halides is 4. The van der Waals surface area contributed by atoms with Crippen LogP contribution in [-0.2, 0) is 6.18 Å². The number of nitrogens with one attached hydrogen (secondary N) is 2. The molecular weight excluding hydrogens is 512 g/mol. The molecule has 2 aliphatic carbocycles. The summed E-state index contributed by atoms with van der Waals surface area (Å²) < 4.78 is 59.4. The Hall–Kier alpha value is -1.95. The first-order valence-corrected chi connectivity index (χ1v) is 14.5. The van der Waals surface area contributed by atoms with Crippen molar-refractivity contribution >= 4 is 5.52 Å². The van der Waals surface area contributed by atoms with Crippen molar-refractivity contribution in [1.82, 2.24) is 29.6 Å². The highest BCUT2D eigenvalue weighted by Gasteiger charge is 2.44. The fraction of sp³-hybridized carbons (Fsp3) is 0.750. The fourth-order valence-corrected chi connectivity index (χ4v) is 7.65. The van der Waals surface area contributed by atoms with Gasteiger partial charge in [-0.15, -0.1) is 0 Å². The summed E-state index contributed by atoms with van der Waals surface area (Å²) in [6.45, 7) is 3.25. The number of hydrogen-bond donors (Lipinski definition) is 2. The molecular formula is C28H40F4N6O. The van der Waals surface area contributed by atoms with Gasteiger partial charge in [0.25, 0.3) is 0 Å². The van der Waals surface area contributed by atoms with E-state index in [1.165, 1.54) is 29.9 Å². The molecule has 6 rings (SSSR count). The summed E-state index contributed by atoms with van der Waals surface area (Å²) in [6.07, 6.45) is 5.27. The number of hydrazine groups is 1. The lowest BCUT2D eigenvalue weighted by Gasteiger charge is -2.46. The van der Waals surface area contributed by atoms with E-state index in [0.717, 1.165) is 38.4 Å². The van der Waals surface area contributed by atoms with E-state index in [-0.39, 0.29) is 24.3 Å². The highest BCUT2D eigenvalue weighted by atomic mass is 19.4. The predicted molar refractivity (Wildman–Crippen MR) is 141 cm³/mol. The Bertz CT molecular complexity index is 1240. The molecule has 2 aromatic heterocycles. The van der Waals surface area contributed by atoms with E-state index < -0.39 is 29.6 Å². The Balaban J connectivity index is 1.33. The van der Waals surface area contributed by atoms with Gasteiger partial charge < -0.3 is 0 Å². The van der Waals surface area contributed by atoms with Crippen molar-refractivity contribution in [1.29, 1.82) is 0 Å². The van der Waals surface area contributed by atoms with Crippen LogP contribution in [-0.4, -0.2) is 57.9 Å². The molecule has 6 atom stereocenters. The largest absolute Gasteiger partial charge is 0.418 e. The number of pyridine rings is 1. The third-order valence-electron chi connectivity index (χ3n) is 10.0. The Morgan fingerprint density at radius 1 is 1.05 bits per heavy atom. The van der Waals surface area contributed by atoms with Crippen LogP contribution >= 0.6 is 0 Å². The highest BCUT2D eigenvalue weighted by molar-refractivity contribution is 5.56. The predicted octanol–water partition coefficient (Wildman–Crippen LogP) is 4.70. The quantitative estimate of drug-likeness (QED) is 0.509. The van der Waals surface area contributed by atoms with Gasteiger partial charge >= 0.3 is 11.9 Å². The fourth-order valence-electron chi connectivity index (χ4n) is 7.65. The monoisotopic (exact) mass is 552 g/mol. The van der Waals surface area contributed by atoms with Crippen LogP contribution < -0.4 is 16.5 Å². The average molecular weight is 553 g/mol. The van der Waals surface area contributed by atoms with E-state index in [0.29, 0.717) is 36.3 Å². The number of fused-ring (bicyclic) bond motifs is 1. The number of hydrogen-bond acceptors (Lipinski definition) is 5. The molecule has 4 fully saturated rings. The van der Waals surface area contributed by atoms with Crippen LogP contribution in [0.25, 0.3) is 5.52 Å². The summed E-state index contributed by atoms with van der Waals surface area (Å²) in [7, 11) is 2.11. The zero-order valence-corrected chi connectivity index (χ0v) is 22.8. The number of halogens is 4. The van der Waals surface area contributed by atoms with Crippen molar-refractivity contribution in [3.05, 3.63) is 40.1 Å². The summed E-state index contributed by atoms with van der Waals surface area (Å²) in [5.41, 5.74) is 5.78. The van der Waals surface area contributed by atoms with Crippen molar-refractivity contribution in [3.8, 4) is 0 Å². The molecule has 216 valence electrons. The molecule has 0 bridgehead atoms. The molecule has 2 aliphatic heterocycles. The van der Waals surface area contributed by atoms with Crippen LogP contribution in [0.4, 0.5) is 17.6 Å². The molecule has 2 saturated carbocycles. The van der Waals surface area contributed by atoms with Gasteiger partial charge in [0, 0.05) is 37.6 Å². The second kappa shape index (κ2) is 10.5. The minimum atomic E-state index is -4.61. The molecule has 11 heteroatoms. The van der Waals surface area contributed by atoms with Gasteiger partial charge in [0.2, 0.25) is 0 Å². The van der Waals surface area contributed by atoms with E-state index in [2.05, 4.69) is 22.8 Å². The van der Waals surface area contributed by atoms with Gasteiger partial charge in [-0.1, -0.05) is 25.7 Å². The lowest BCUT2D eigenvalue weighted by atomic mass is 9.65. The topological polar surface area (TPSA) is 57.0 Å². The molecule has 4 aliphatic rings. The number of aromatic nitrogens is 2. The number of imidazole rings is 1. The number of likely N-dealkylation sites (tertiary alicyclic amines) is 1. The van der Waals surface area contributed by atoms with Gasteiger partial charge in [0.1, 0.15) is 6.17 Å². The van der Waals surface area contributed by atoms with Crippen molar-refractivity contribution in [2.75, 3.05) is 26.8 Å². The maximum absolute atomic E-state index is 14.3. The first-order valence-electron chi connectivity index (χ1n) is 14.5. The van der Waals surface area contributed by atoms with E-state index in [1.54, 1.807) is 17.7 Å². The third-order valence-corrected chi connectivity index (χ3v) is 10.0. The maximum Gasteiger partial charge on any atom is 0.418 e. The van der Waals surface area contributed by atoms with Crippen LogP contribution in [0.15, 0.2) is 23.3 Å². The molecule has 2 aromatic rings. The maximum atomic E-state index is 14.3. The molecule has 4 heterocycles. The second-order valence-corrected chi connectivity index (χ2v) is 12.3. The summed E-state index contributed by atoms with van der Waals surface area (Å²) in [4.78, 5) is 17.8. The molecule has 0 spiro atoms. The number of rotatable bonds is 6. The van der Waals surface area contributed by atoms with Crippen molar-refractivity contribution < 1.29 is 17.6 Å². The van der Waals surface area contributed by atoms with Crippen LogP contribution in [0.2, 0.25) is 0 Å². The van der Waals surface area contributed by atoms with Crippen molar-refractivity contribution in [2.24, 2.45) is 17.8 Å². The summed E-state index contributed by atoms with van der Waals surface area (Å²) in [6, 6.07) is 0.602. The highest BCUT2D eigenvalue weighted by Crippen LogP contribution is 2.47. The number of nitrogens with zero attached hydrogens (tertiary/aromatic N) is 4. The van der Waals surface area contributed by atoms with Gasteiger partial charge in [-0.05, 0) is 69.0 Å². The first kappa shape index (κ1) is 27.2. The van der Waals surface area contributed by atoms with Crippen molar-refractivity contribution in [3.63, 3.8) is 0 Å². The Kier molecular flexibility index (Phi) is 7.31. The minimum absolute atomic E-state index is 0.104. The van der Waals surface area contributed by atoms with Gasteiger partial charge in [0.15, 0.2) is 0 Å². The zero-order valence-electron chi connectivity index (χ0n) is 22.8. The zero-order chi connectivity index (χ0) is 27.5. The average Bonchev–Trinajstić information content (AvgIpc) is 3.58. The molecule has 0 amide bonds. The molecule has 2 saturated heterocycles. The lowest BCUT2D eigenvalue weighted by molar-refractivity contribution is -0.136. The smallest absolute Gasteiger partial charge is 0.295 e. The molecule has 2 N–H and O–H groups in total. The normalized spacial score (nSPS) is 31.1. The first-order chi connectivity index (χ1) is 18.6. The van der Waals surface area contributed by atoms with Gasteiger partial charge in [-0.3, -0.25) is 18.8 Å². The molecule has 3 unspecified atom stereocenters. The third kappa shape index (κ3) is 5.04. The van der Waals surface area contributed by atoms with Crippen molar-refractivity contribution in [2.45, 2.75) is 88.9 Å². The van der Waals surface area contributed by atoms with Gasteiger partial charge in [0.05, 0.1) is 23.9 Å². The summed E-state index contributed by atoms with van der Waals surface area (Å²) in [5, 5.41) is 0. The Morgan fingerprint density at radius 2 is 1.79 bits per heavy atom.